The highest BCUT2D eigenvalue weighted by Crippen LogP contribution is 2.21. The van der Waals surface area contributed by atoms with Gasteiger partial charge in [0, 0.05) is 31.7 Å². The number of nitrogens with zero attached hydrogens (tertiary/aromatic N) is 2. The van der Waals surface area contributed by atoms with Gasteiger partial charge in [-0.3, -0.25) is 4.90 Å². The minimum atomic E-state index is 0.570. The zero-order chi connectivity index (χ0) is 15.8. The van der Waals surface area contributed by atoms with Crippen LogP contribution in [-0.2, 0) is 0 Å². The molecule has 0 bridgehead atoms. The van der Waals surface area contributed by atoms with Gasteiger partial charge in [0.05, 0.1) is 0 Å². The lowest BCUT2D eigenvalue weighted by atomic mass is 9.94. The van der Waals surface area contributed by atoms with Crippen LogP contribution in [0, 0.1) is 5.92 Å². The maximum Gasteiger partial charge on any atom is 0.0235 e. The number of hydrogen-bond donors (Lipinski definition) is 1. The van der Waals surface area contributed by atoms with Gasteiger partial charge in [-0.1, -0.05) is 39.8 Å². The van der Waals surface area contributed by atoms with Crippen molar-refractivity contribution in [2.75, 3.05) is 39.8 Å². The SMILES string of the molecule is C=C1CC(NC(C)C)CN(CC2CCN(C)CC2)C1.CC. The monoisotopic (exact) mass is 295 g/mol. The lowest BCUT2D eigenvalue weighted by molar-refractivity contribution is 0.145. The Morgan fingerprint density at radius 2 is 1.86 bits per heavy atom. The zero-order valence-corrected chi connectivity index (χ0v) is 15.0. The maximum absolute atomic E-state index is 4.24. The Morgan fingerprint density at radius 1 is 1.24 bits per heavy atom. The van der Waals surface area contributed by atoms with Crippen molar-refractivity contribution in [3.05, 3.63) is 12.2 Å². The maximum atomic E-state index is 4.24. The normalized spacial score (nSPS) is 25.8. The van der Waals surface area contributed by atoms with Gasteiger partial charge in [-0.2, -0.15) is 0 Å². The van der Waals surface area contributed by atoms with E-state index in [9.17, 15) is 0 Å². The Balaban J connectivity index is 0.00000106. The molecular formula is C18H37N3. The molecule has 0 amide bonds. The first-order valence-corrected chi connectivity index (χ1v) is 8.86. The molecule has 0 aromatic rings. The van der Waals surface area contributed by atoms with E-state index in [1.54, 1.807) is 0 Å². The molecule has 1 atom stereocenters. The van der Waals surface area contributed by atoms with Gasteiger partial charge in [-0.15, -0.1) is 0 Å². The second kappa shape index (κ2) is 9.60. The summed E-state index contributed by atoms with van der Waals surface area (Å²) >= 11 is 0. The third kappa shape index (κ3) is 6.94. The van der Waals surface area contributed by atoms with E-state index in [1.807, 2.05) is 13.8 Å². The van der Waals surface area contributed by atoms with E-state index in [0.717, 1.165) is 18.9 Å². The fourth-order valence-corrected chi connectivity index (χ4v) is 3.50. The zero-order valence-electron chi connectivity index (χ0n) is 15.0. The molecule has 0 saturated carbocycles. The van der Waals surface area contributed by atoms with Crippen LogP contribution in [0.4, 0.5) is 0 Å². The number of rotatable bonds is 4. The molecule has 2 aliphatic heterocycles. The lowest BCUT2D eigenvalue weighted by Crippen LogP contribution is -2.50. The second-order valence-electron chi connectivity index (χ2n) is 6.91. The van der Waals surface area contributed by atoms with Gasteiger partial charge in [-0.25, -0.2) is 0 Å². The van der Waals surface area contributed by atoms with Gasteiger partial charge in [0.2, 0.25) is 0 Å². The summed E-state index contributed by atoms with van der Waals surface area (Å²) in [5.41, 5.74) is 1.40. The number of hydrogen-bond acceptors (Lipinski definition) is 3. The predicted molar refractivity (Wildman–Crippen MR) is 93.8 cm³/mol. The summed E-state index contributed by atoms with van der Waals surface area (Å²) < 4.78 is 0. The average molecular weight is 296 g/mol. The van der Waals surface area contributed by atoms with E-state index in [-0.39, 0.29) is 0 Å². The third-order valence-electron chi connectivity index (χ3n) is 4.38. The minimum Gasteiger partial charge on any atom is -0.310 e. The highest BCUT2D eigenvalue weighted by Gasteiger charge is 2.25. The van der Waals surface area contributed by atoms with Crippen molar-refractivity contribution in [2.24, 2.45) is 5.92 Å². The fourth-order valence-electron chi connectivity index (χ4n) is 3.50. The molecule has 0 aliphatic carbocycles. The summed E-state index contributed by atoms with van der Waals surface area (Å²) in [6, 6.07) is 1.17. The highest BCUT2D eigenvalue weighted by molar-refractivity contribution is 5.06. The van der Waals surface area contributed by atoms with Gasteiger partial charge in [0.25, 0.3) is 0 Å². The Morgan fingerprint density at radius 3 is 2.43 bits per heavy atom. The van der Waals surface area contributed by atoms with Gasteiger partial charge >= 0.3 is 0 Å². The number of piperidine rings is 2. The van der Waals surface area contributed by atoms with Crippen LogP contribution in [0.1, 0.15) is 47.0 Å². The van der Waals surface area contributed by atoms with E-state index in [2.05, 4.69) is 42.6 Å². The van der Waals surface area contributed by atoms with E-state index < -0.39 is 0 Å². The van der Waals surface area contributed by atoms with E-state index in [0.29, 0.717) is 12.1 Å². The molecule has 2 saturated heterocycles. The highest BCUT2D eigenvalue weighted by atomic mass is 15.2. The fraction of sp³-hybridized carbons (Fsp3) is 0.889. The van der Waals surface area contributed by atoms with Crippen LogP contribution in [0.25, 0.3) is 0 Å². The third-order valence-corrected chi connectivity index (χ3v) is 4.38. The Kier molecular flexibility index (Phi) is 8.53. The molecule has 124 valence electrons. The van der Waals surface area contributed by atoms with Gasteiger partial charge < -0.3 is 10.2 Å². The summed E-state index contributed by atoms with van der Waals surface area (Å²) in [7, 11) is 2.24. The van der Waals surface area contributed by atoms with Crippen LogP contribution >= 0.6 is 0 Å². The van der Waals surface area contributed by atoms with E-state index >= 15 is 0 Å². The van der Waals surface area contributed by atoms with Crippen molar-refractivity contribution >= 4 is 0 Å². The lowest BCUT2D eigenvalue weighted by Gasteiger charge is -2.39. The van der Waals surface area contributed by atoms with Crippen LogP contribution in [0.3, 0.4) is 0 Å². The summed E-state index contributed by atoms with van der Waals surface area (Å²) in [5.74, 6) is 0.891. The Bertz CT molecular complexity index is 293. The molecule has 2 rings (SSSR count). The first kappa shape index (κ1) is 18.7. The van der Waals surface area contributed by atoms with E-state index in [4.69, 9.17) is 0 Å². The molecule has 0 radical (unpaired) electrons. The summed E-state index contributed by atoms with van der Waals surface area (Å²) in [4.78, 5) is 5.08. The van der Waals surface area contributed by atoms with Crippen LogP contribution in [-0.4, -0.2) is 61.7 Å². The quantitative estimate of drug-likeness (QED) is 0.805. The molecule has 0 aromatic heterocycles. The summed E-state index contributed by atoms with van der Waals surface area (Å²) in [6.07, 6.45) is 3.88. The first-order valence-electron chi connectivity index (χ1n) is 8.86. The van der Waals surface area contributed by atoms with Crippen LogP contribution in [0.15, 0.2) is 12.2 Å². The van der Waals surface area contributed by atoms with Crippen molar-refractivity contribution in [2.45, 2.75) is 59.0 Å². The molecule has 2 fully saturated rings. The Hall–Kier alpha value is -0.380. The van der Waals surface area contributed by atoms with Gasteiger partial charge in [-0.05, 0) is 45.3 Å². The molecule has 2 heterocycles. The summed E-state index contributed by atoms with van der Waals surface area (Å²) in [5, 5.41) is 3.68. The van der Waals surface area contributed by atoms with Crippen molar-refractivity contribution in [1.29, 1.82) is 0 Å². The predicted octanol–water partition coefficient (Wildman–Crippen LogP) is 2.98. The molecule has 1 N–H and O–H groups in total. The topological polar surface area (TPSA) is 18.5 Å². The molecule has 1 unspecified atom stereocenters. The first-order chi connectivity index (χ1) is 10.0. The van der Waals surface area contributed by atoms with Crippen molar-refractivity contribution in [3.63, 3.8) is 0 Å². The smallest absolute Gasteiger partial charge is 0.0235 e. The van der Waals surface area contributed by atoms with Crippen molar-refractivity contribution < 1.29 is 0 Å². The van der Waals surface area contributed by atoms with Crippen LogP contribution in [0.5, 0.6) is 0 Å². The second-order valence-corrected chi connectivity index (χ2v) is 6.91. The van der Waals surface area contributed by atoms with Crippen LogP contribution < -0.4 is 5.32 Å². The molecule has 3 heteroatoms. The van der Waals surface area contributed by atoms with Gasteiger partial charge in [0.1, 0.15) is 0 Å². The molecule has 0 spiro atoms. The Labute approximate surface area is 132 Å². The minimum absolute atomic E-state index is 0.570. The van der Waals surface area contributed by atoms with Gasteiger partial charge in [0.15, 0.2) is 0 Å². The van der Waals surface area contributed by atoms with Crippen molar-refractivity contribution in [1.82, 2.24) is 15.1 Å². The standard InChI is InChI=1S/C16H31N3.C2H6/c1-13(2)17-16-9-14(3)10-19(12-16)11-15-5-7-18(4)8-6-15;1-2/h13,15-17H,3,5-12H2,1-2,4H3;1-2H3. The van der Waals surface area contributed by atoms with Crippen molar-refractivity contribution in [3.8, 4) is 0 Å². The molecule has 0 aromatic carbocycles. The number of likely N-dealkylation sites (tertiary alicyclic amines) is 2. The summed E-state index contributed by atoms with van der Waals surface area (Å²) in [6.45, 7) is 18.8. The van der Waals surface area contributed by atoms with Crippen LogP contribution in [0.2, 0.25) is 0 Å². The molecule has 3 nitrogen and oxygen atoms in total. The molecule has 2 aliphatic rings. The molecule has 21 heavy (non-hydrogen) atoms. The number of nitrogens with one attached hydrogen (secondary N) is 1. The van der Waals surface area contributed by atoms with E-state index in [1.165, 1.54) is 44.6 Å². The largest absolute Gasteiger partial charge is 0.310 e. The molecular weight excluding hydrogens is 258 g/mol. The average Bonchev–Trinajstić information content (AvgIpc) is 2.42.